The van der Waals surface area contributed by atoms with Crippen LogP contribution in [-0.4, -0.2) is 49.2 Å². The van der Waals surface area contributed by atoms with Gasteiger partial charge in [0.05, 0.1) is 5.52 Å². The third-order valence-electron chi connectivity index (χ3n) is 5.45. The number of hydrogen-bond acceptors (Lipinski definition) is 4. The van der Waals surface area contributed by atoms with Crippen LogP contribution in [0.5, 0.6) is 0 Å². The van der Waals surface area contributed by atoms with Crippen LogP contribution in [0.2, 0.25) is 0 Å². The average molecular weight is 341 g/mol. The fourth-order valence-electron chi connectivity index (χ4n) is 3.60. The van der Waals surface area contributed by atoms with Crippen molar-refractivity contribution >= 4 is 22.4 Å². The Morgan fingerprint density at radius 1 is 1.16 bits per heavy atom. The van der Waals surface area contributed by atoms with Crippen LogP contribution < -0.4 is 10.2 Å². The molecule has 2 heterocycles. The highest BCUT2D eigenvalue weighted by molar-refractivity contribution is 5.93. The largest absolute Gasteiger partial charge is 0.383 e. The van der Waals surface area contributed by atoms with Gasteiger partial charge >= 0.3 is 0 Å². The molecule has 4 nitrogen and oxygen atoms in total. The standard InChI is InChI=1S/C21H32N4/c1-4-24(5-2)15-12-22-20-16-21(25-13-10-17(3)11-14-25)23-19-9-7-6-8-18(19)20/h6-9,16-17H,4-5,10-15H2,1-3H3,(H,22,23). The van der Waals surface area contributed by atoms with Gasteiger partial charge < -0.3 is 15.1 Å². The van der Waals surface area contributed by atoms with Crippen LogP contribution in [0.15, 0.2) is 30.3 Å². The van der Waals surface area contributed by atoms with E-state index in [0.717, 1.165) is 56.5 Å². The van der Waals surface area contributed by atoms with E-state index in [0.29, 0.717) is 0 Å². The SMILES string of the molecule is CCN(CC)CCNc1cc(N2CCC(C)CC2)nc2ccccc12. The fourth-order valence-corrected chi connectivity index (χ4v) is 3.60. The van der Waals surface area contributed by atoms with E-state index in [4.69, 9.17) is 4.98 Å². The Morgan fingerprint density at radius 3 is 2.60 bits per heavy atom. The van der Waals surface area contributed by atoms with E-state index < -0.39 is 0 Å². The van der Waals surface area contributed by atoms with E-state index in [2.05, 4.69) is 66.2 Å². The molecule has 1 aliphatic rings. The number of piperidine rings is 1. The molecule has 25 heavy (non-hydrogen) atoms. The smallest absolute Gasteiger partial charge is 0.131 e. The number of anilines is 2. The molecular formula is C21H32N4. The maximum absolute atomic E-state index is 4.94. The molecule has 1 N–H and O–H groups in total. The van der Waals surface area contributed by atoms with Crippen molar-refractivity contribution in [2.24, 2.45) is 5.92 Å². The van der Waals surface area contributed by atoms with Gasteiger partial charge in [-0.3, -0.25) is 0 Å². The van der Waals surface area contributed by atoms with Gasteiger partial charge in [-0.25, -0.2) is 4.98 Å². The van der Waals surface area contributed by atoms with Crippen LogP contribution in [0.1, 0.15) is 33.6 Å². The first-order valence-electron chi connectivity index (χ1n) is 9.82. The number of benzene rings is 1. The van der Waals surface area contributed by atoms with Crippen molar-refractivity contribution in [3.05, 3.63) is 30.3 Å². The van der Waals surface area contributed by atoms with Gasteiger partial charge in [-0.1, -0.05) is 39.0 Å². The van der Waals surface area contributed by atoms with Crippen LogP contribution in [0.3, 0.4) is 0 Å². The lowest BCUT2D eigenvalue weighted by Gasteiger charge is -2.31. The van der Waals surface area contributed by atoms with Crippen LogP contribution >= 0.6 is 0 Å². The summed E-state index contributed by atoms with van der Waals surface area (Å²) in [5.41, 5.74) is 2.30. The number of nitrogens with one attached hydrogen (secondary N) is 1. The maximum Gasteiger partial charge on any atom is 0.131 e. The Balaban J connectivity index is 1.80. The van der Waals surface area contributed by atoms with E-state index in [1.54, 1.807) is 0 Å². The molecule has 136 valence electrons. The molecule has 0 bridgehead atoms. The molecule has 1 aromatic heterocycles. The van der Waals surface area contributed by atoms with E-state index in [1.165, 1.54) is 23.9 Å². The van der Waals surface area contributed by atoms with Crippen molar-refractivity contribution in [3.63, 3.8) is 0 Å². The topological polar surface area (TPSA) is 31.4 Å². The monoisotopic (exact) mass is 340 g/mol. The molecule has 1 saturated heterocycles. The summed E-state index contributed by atoms with van der Waals surface area (Å²) in [7, 11) is 0. The van der Waals surface area contributed by atoms with E-state index in [-0.39, 0.29) is 0 Å². The summed E-state index contributed by atoms with van der Waals surface area (Å²) < 4.78 is 0. The number of hydrogen-bond donors (Lipinski definition) is 1. The molecule has 1 aromatic carbocycles. The average Bonchev–Trinajstić information content (AvgIpc) is 2.65. The molecule has 0 atom stereocenters. The van der Waals surface area contributed by atoms with Gasteiger partial charge in [-0.15, -0.1) is 0 Å². The Bertz CT molecular complexity index is 673. The molecule has 0 unspecified atom stereocenters. The Hall–Kier alpha value is -1.81. The lowest BCUT2D eigenvalue weighted by molar-refractivity contribution is 0.316. The molecule has 1 aliphatic heterocycles. The minimum absolute atomic E-state index is 0.836. The normalized spacial score (nSPS) is 15.9. The summed E-state index contributed by atoms with van der Waals surface area (Å²) >= 11 is 0. The zero-order chi connectivity index (χ0) is 17.6. The van der Waals surface area contributed by atoms with Gasteiger partial charge in [0, 0.05) is 43.3 Å². The second-order valence-electron chi connectivity index (χ2n) is 7.17. The first kappa shape index (κ1) is 18.0. The van der Waals surface area contributed by atoms with Crippen molar-refractivity contribution in [1.82, 2.24) is 9.88 Å². The third kappa shape index (κ3) is 4.43. The quantitative estimate of drug-likeness (QED) is 0.817. The molecular weight excluding hydrogens is 308 g/mol. The highest BCUT2D eigenvalue weighted by atomic mass is 15.2. The van der Waals surface area contributed by atoms with Gasteiger partial charge in [0.2, 0.25) is 0 Å². The van der Waals surface area contributed by atoms with Crippen molar-refractivity contribution < 1.29 is 0 Å². The van der Waals surface area contributed by atoms with Gasteiger partial charge in [-0.05, 0) is 37.9 Å². The van der Waals surface area contributed by atoms with Crippen LogP contribution in [-0.2, 0) is 0 Å². The molecule has 3 rings (SSSR count). The third-order valence-corrected chi connectivity index (χ3v) is 5.45. The van der Waals surface area contributed by atoms with Crippen LogP contribution in [0, 0.1) is 5.92 Å². The summed E-state index contributed by atoms with van der Waals surface area (Å²) in [6.45, 7) is 13.3. The van der Waals surface area contributed by atoms with Crippen molar-refractivity contribution in [3.8, 4) is 0 Å². The number of para-hydroxylation sites is 1. The number of fused-ring (bicyclic) bond motifs is 1. The molecule has 0 spiro atoms. The number of aromatic nitrogens is 1. The number of likely N-dealkylation sites (N-methyl/N-ethyl adjacent to an activating group) is 1. The lowest BCUT2D eigenvalue weighted by atomic mass is 9.99. The second-order valence-corrected chi connectivity index (χ2v) is 7.17. The Morgan fingerprint density at radius 2 is 1.88 bits per heavy atom. The first-order valence-corrected chi connectivity index (χ1v) is 9.82. The Kier molecular flexibility index (Phi) is 6.14. The first-order chi connectivity index (χ1) is 12.2. The minimum atomic E-state index is 0.836. The highest BCUT2D eigenvalue weighted by Gasteiger charge is 2.18. The predicted octanol–water partition coefficient (Wildman–Crippen LogP) is 4.22. The van der Waals surface area contributed by atoms with Gasteiger partial charge in [-0.2, -0.15) is 0 Å². The van der Waals surface area contributed by atoms with Crippen LogP contribution in [0.25, 0.3) is 10.9 Å². The number of pyridine rings is 1. The predicted molar refractivity (Wildman–Crippen MR) is 109 cm³/mol. The fraction of sp³-hybridized carbons (Fsp3) is 0.571. The lowest BCUT2D eigenvalue weighted by Crippen LogP contribution is -2.33. The van der Waals surface area contributed by atoms with Gasteiger partial charge in [0.15, 0.2) is 0 Å². The zero-order valence-electron chi connectivity index (χ0n) is 16.0. The maximum atomic E-state index is 4.94. The van der Waals surface area contributed by atoms with Crippen molar-refractivity contribution in [1.29, 1.82) is 0 Å². The molecule has 0 saturated carbocycles. The Labute approximate surface area is 152 Å². The molecule has 2 aromatic rings. The van der Waals surface area contributed by atoms with Crippen molar-refractivity contribution in [2.75, 3.05) is 49.5 Å². The van der Waals surface area contributed by atoms with Crippen LogP contribution in [0.4, 0.5) is 11.5 Å². The molecule has 0 amide bonds. The summed E-state index contributed by atoms with van der Waals surface area (Å²) in [6.07, 6.45) is 2.53. The highest BCUT2D eigenvalue weighted by Crippen LogP contribution is 2.29. The van der Waals surface area contributed by atoms with Gasteiger partial charge in [0.1, 0.15) is 5.82 Å². The minimum Gasteiger partial charge on any atom is -0.383 e. The van der Waals surface area contributed by atoms with E-state index in [1.807, 2.05) is 0 Å². The summed E-state index contributed by atoms with van der Waals surface area (Å²) in [5.74, 6) is 1.96. The molecule has 0 aliphatic carbocycles. The molecule has 0 radical (unpaired) electrons. The van der Waals surface area contributed by atoms with Crippen molar-refractivity contribution in [2.45, 2.75) is 33.6 Å². The second kappa shape index (κ2) is 8.52. The number of rotatable bonds is 7. The summed E-state index contributed by atoms with van der Waals surface area (Å²) in [4.78, 5) is 9.83. The van der Waals surface area contributed by atoms with E-state index >= 15 is 0 Å². The summed E-state index contributed by atoms with van der Waals surface area (Å²) in [5, 5.41) is 4.89. The molecule has 1 fully saturated rings. The zero-order valence-corrected chi connectivity index (χ0v) is 16.0. The molecule has 4 heteroatoms. The summed E-state index contributed by atoms with van der Waals surface area (Å²) in [6, 6.07) is 10.7. The number of nitrogens with zero attached hydrogens (tertiary/aromatic N) is 3. The van der Waals surface area contributed by atoms with Gasteiger partial charge in [0.25, 0.3) is 0 Å². The van der Waals surface area contributed by atoms with E-state index in [9.17, 15) is 0 Å².